The van der Waals surface area contributed by atoms with Crippen molar-refractivity contribution in [3.05, 3.63) is 70.1 Å². The van der Waals surface area contributed by atoms with Gasteiger partial charge < -0.3 is 9.88 Å². The van der Waals surface area contributed by atoms with Crippen molar-refractivity contribution in [1.29, 1.82) is 0 Å². The molecule has 0 amide bonds. The fraction of sp³-hybridized carbons (Fsp3) is 0.267. The Bertz CT molecular complexity index is 580. The van der Waals surface area contributed by atoms with Crippen LogP contribution in [0.4, 0.5) is 0 Å². The molecular formula is C15H17ClN2O. The zero-order chi connectivity index (χ0) is 13.5. The summed E-state index contributed by atoms with van der Waals surface area (Å²) in [4.78, 5) is 11.5. The molecule has 0 saturated heterocycles. The molecule has 2 rings (SSSR count). The van der Waals surface area contributed by atoms with Gasteiger partial charge in [-0.3, -0.25) is 4.79 Å². The fourth-order valence-corrected chi connectivity index (χ4v) is 2.07. The van der Waals surface area contributed by atoms with Crippen molar-refractivity contribution in [2.24, 2.45) is 0 Å². The summed E-state index contributed by atoms with van der Waals surface area (Å²) in [5.41, 5.74) is 2.37. The van der Waals surface area contributed by atoms with Crippen molar-refractivity contribution in [2.75, 3.05) is 6.54 Å². The second kappa shape index (κ2) is 7.12. The predicted octanol–water partition coefficient (Wildman–Crippen LogP) is 2.38. The second-order valence-electron chi connectivity index (χ2n) is 4.36. The molecule has 1 heterocycles. The second-order valence-corrected chi connectivity index (χ2v) is 4.63. The third kappa shape index (κ3) is 4.23. The van der Waals surface area contributed by atoms with Crippen LogP contribution in [0.1, 0.15) is 11.1 Å². The van der Waals surface area contributed by atoms with Crippen molar-refractivity contribution in [3.63, 3.8) is 0 Å². The average molecular weight is 277 g/mol. The molecule has 1 aromatic carbocycles. The third-order valence-corrected chi connectivity index (χ3v) is 3.21. The summed E-state index contributed by atoms with van der Waals surface area (Å²) >= 11 is 5.80. The Morgan fingerprint density at radius 2 is 1.95 bits per heavy atom. The van der Waals surface area contributed by atoms with Crippen LogP contribution in [0, 0.1) is 0 Å². The summed E-state index contributed by atoms with van der Waals surface area (Å²) < 4.78 is 1.70. The molecule has 3 nitrogen and oxygen atoms in total. The van der Waals surface area contributed by atoms with E-state index in [1.54, 1.807) is 22.9 Å². The van der Waals surface area contributed by atoms with Crippen LogP contribution in [0.3, 0.4) is 0 Å². The van der Waals surface area contributed by atoms with E-state index in [0.29, 0.717) is 12.4 Å². The first-order valence-corrected chi connectivity index (χ1v) is 6.83. The van der Waals surface area contributed by atoms with Crippen LogP contribution in [-0.4, -0.2) is 11.1 Å². The SMILES string of the molecule is O=c1ccccn1CCNCc1cccc(CCl)c1. The molecule has 0 bridgehead atoms. The summed E-state index contributed by atoms with van der Waals surface area (Å²) in [5, 5.41) is 3.33. The van der Waals surface area contributed by atoms with E-state index in [1.165, 1.54) is 5.56 Å². The number of nitrogens with one attached hydrogen (secondary N) is 1. The quantitative estimate of drug-likeness (QED) is 0.649. The molecule has 0 aliphatic carbocycles. The van der Waals surface area contributed by atoms with Gasteiger partial charge >= 0.3 is 0 Å². The summed E-state index contributed by atoms with van der Waals surface area (Å²) in [7, 11) is 0. The number of alkyl halides is 1. The Morgan fingerprint density at radius 3 is 2.74 bits per heavy atom. The van der Waals surface area contributed by atoms with Crippen LogP contribution in [0.25, 0.3) is 0 Å². The van der Waals surface area contributed by atoms with E-state index in [-0.39, 0.29) is 5.56 Å². The third-order valence-electron chi connectivity index (χ3n) is 2.90. The van der Waals surface area contributed by atoms with Crippen molar-refractivity contribution in [2.45, 2.75) is 19.0 Å². The van der Waals surface area contributed by atoms with E-state index in [4.69, 9.17) is 11.6 Å². The van der Waals surface area contributed by atoms with E-state index in [2.05, 4.69) is 17.4 Å². The highest BCUT2D eigenvalue weighted by molar-refractivity contribution is 6.17. The highest BCUT2D eigenvalue weighted by Gasteiger charge is 1.96. The maximum absolute atomic E-state index is 11.5. The number of pyridine rings is 1. The highest BCUT2D eigenvalue weighted by Crippen LogP contribution is 2.07. The lowest BCUT2D eigenvalue weighted by atomic mass is 10.1. The standard InChI is InChI=1S/C15H17ClN2O/c16-11-13-4-3-5-14(10-13)12-17-7-9-18-8-2-1-6-15(18)19/h1-6,8,10,17H,7,9,11-12H2. The van der Waals surface area contributed by atoms with E-state index < -0.39 is 0 Å². The Labute approximate surface area is 117 Å². The Kier molecular flexibility index (Phi) is 5.19. The summed E-state index contributed by atoms with van der Waals surface area (Å²) in [5.74, 6) is 0.535. The van der Waals surface area contributed by atoms with Crippen molar-refractivity contribution < 1.29 is 0 Å². The van der Waals surface area contributed by atoms with Crippen LogP contribution in [0.15, 0.2) is 53.5 Å². The van der Waals surface area contributed by atoms with Crippen LogP contribution < -0.4 is 10.9 Å². The van der Waals surface area contributed by atoms with E-state index >= 15 is 0 Å². The van der Waals surface area contributed by atoms with Gasteiger partial charge in [0.25, 0.3) is 5.56 Å². The van der Waals surface area contributed by atoms with Gasteiger partial charge in [0.2, 0.25) is 0 Å². The van der Waals surface area contributed by atoms with Gasteiger partial charge in [-0.15, -0.1) is 11.6 Å². The molecule has 2 aromatic rings. The fourth-order valence-electron chi connectivity index (χ4n) is 1.90. The molecule has 4 heteroatoms. The lowest BCUT2D eigenvalue weighted by molar-refractivity contribution is 0.585. The largest absolute Gasteiger partial charge is 0.314 e. The maximum Gasteiger partial charge on any atom is 0.250 e. The highest BCUT2D eigenvalue weighted by atomic mass is 35.5. The lowest BCUT2D eigenvalue weighted by Crippen LogP contribution is -2.25. The maximum atomic E-state index is 11.5. The number of hydrogen-bond donors (Lipinski definition) is 1. The Morgan fingerprint density at radius 1 is 1.11 bits per heavy atom. The van der Waals surface area contributed by atoms with Gasteiger partial charge in [0.1, 0.15) is 0 Å². The molecule has 0 aliphatic rings. The van der Waals surface area contributed by atoms with E-state index in [0.717, 1.165) is 18.7 Å². The molecule has 100 valence electrons. The summed E-state index contributed by atoms with van der Waals surface area (Å²) in [6.07, 6.45) is 1.80. The first kappa shape index (κ1) is 13.8. The van der Waals surface area contributed by atoms with Crippen LogP contribution in [0.2, 0.25) is 0 Å². The number of halogens is 1. The van der Waals surface area contributed by atoms with Crippen LogP contribution in [-0.2, 0) is 19.0 Å². The lowest BCUT2D eigenvalue weighted by Gasteiger charge is -2.07. The molecule has 19 heavy (non-hydrogen) atoms. The molecule has 0 unspecified atom stereocenters. The molecule has 0 aliphatic heterocycles. The van der Waals surface area contributed by atoms with E-state index in [9.17, 15) is 4.79 Å². The minimum atomic E-state index is 0.0356. The molecule has 0 saturated carbocycles. The van der Waals surface area contributed by atoms with Gasteiger partial charge in [0.15, 0.2) is 0 Å². The predicted molar refractivity (Wildman–Crippen MR) is 78.4 cm³/mol. The van der Waals surface area contributed by atoms with Gasteiger partial charge in [0, 0.05) is 37.8 Å². The van der Waals surface area contributed by atoms with Crippen LogP contribution >= 0.6 is 11.6 Å². The van der Waals surface area contributed by atoms with Crippen LogP contribution in [0.5, 0.6) is 0 Å². The normalized spacial score (nSPS) is 10.6. The molecule has 1 N–H and O–H groups in total. The van der Waals surface area contributed by atoms with Gasteiger partial charge in [-0.1, -0.05) is 30.3 Å². The topological polar surface area (TPSA) is 34.0 Å². The Balaban J connectivity index is 1.81. The summed E-state index contributed by atoms with van der Waals surface area (Å²) in [6.45, 7) is 2.22. The van der Waals surface area contributed by atoms with Gasteiger partial charge in [-0.25, -0.2) is 0 Å². The number of rotatable bonds is 6. The molecule has 0 atom stereocenters. The minimum Gasteiger partial charge on any atom is -0.314 e. The van der Waals surface area contributed by atoms with Crippen molar-refractivity contribution in [3.8, 4) is 0 Å². The van der Waals surface area contributed by atoms with Gasteiger partial charge in [-0.05, 0) is 17.2 Å². The number of benzene rings is 1. The Hall–Kier alpha value is -1.58. The summed E-state index contributed by atoms with van der Waals surface area (Å²) in [6, 6.07) is 13.4. The zero-order valence-corrected chi connectivity index (χ0v) is 11.4. The molecular weight excluding hydrogens is 260 g/mol. The van der Waals surface area contributed by atoms with Crippen molar-refractivity contribution in [1.82, 2.24) is 9.88 Å². The molecule has 0 spiro atoms. The van der Waals surface area contributed by atoms with Gasteiger partial charge in [0.05, 0.1) is 0 Å². The average Bonchev–Trinajstić information content (AvgIpc) is 2.45. The monoisotopic (exact) mass is 276 g/mol. The molecule has 1 aromatic heterocycles. The number of hydrogen-bond acceptors (Lipinski definition) is 2. The molecule has 0 fully saturated rings. The zero-order valence-electron chi connectivity index (χ0n) is 10.7. The van der Waals surface area contributed by atoms with Gasteiger partial charge in [-0.2, -0.15) is 0 Å². The molecule has 0 radical (unpaired) electrons. The number of nitrogens with zero attached hydrogens (tertiary/aromatic N) is 1. The van der Waals surface area contributed by atoms with Crippen molar-refractivity contribution >= 4 is 11.6 Å². The first-order chi connectivity index (χ1) is 9.29. The minimum absolute atomic E-state index is 0.0356. The first-order valence-electron chi connectivity index (χ1n) is 6.29. The van der Waals surface area contributed by atoms with E-state index in [1.807, 2.05) is 18.2 Å². The number of aromatic nitrogens is 1. The smallest absolute Gasteiger partial charge is 0.250 e.